The van der Waals surface area contributed by atoms with Crippen molar-refractivity contribution in [3.63, 3.8) is 0 Å². The molecule has 3 heterocycles. The van der Waals surface area contributed by atoms with Crippen LogP contribution in [0.5, 0.6) is 0 Å². The number of anilines is 1. The number of furan rings is 1. The first-order chi connectivity index (χ1) is 12.1. The van der Waals surface area contributed by atoms with Crippen LogP contribution < -0.4 is 5.32 Å². The molecule has 2 aromatic heterocycles. The van der Waals surface area contributed by atoms with Crippen LogP contribution in [0.25, 0.3) is 0 Å². The molecule has 2 amide bonds. The van der Waals surface area contributed by atoms with Gasteiger partial charge in [0.05, 0.1) is 24.6 Å². The number of thiophene rings is 1. The van der Waals surface area contributed by atoms with Gasteiger partial charge >= 0.3 is 5.97 Å². The van der Waals surface area contributed by atoms with E-state index in [2.05, 4.69) is 5.32 Å². The number of piperidine rings is 1. The molecule has 0 unspecified atom stereocenters. The van der Waals surface area contributed by atoms with Crippen molar-refractivity contribution in [2.24, 2.45) is 5.92 Å². The highest BCUT2D eigenvalue weighted by Gasteiger charge is 2.29. The maximum Gasteiger partial charge on any atom is 0.350 e. The lowest BCUT2D eigenvalue weighted by Crippen LogP contribution is -2.41. The molecule has 0 aromatic carbocycles. The predicted octanol–water partition coefficient (Wildman–Crippen LogP) is 2.62. The maximum atomic E-state index is 12.5. The second-order valence-electron chi connectivity index (χ2n) is 5.72. The highest BCUT2D eigenvalue weighted by molar-refractivity contribution is 7.12. The van der Waals surface area contributed by atoms with Gasteiger partial charge in [0.25, 0.3) is 5.91 Å². The quantitative estimate of drug-likeness (QED) is 0.845. The Balaban J connectivity index is 1.56. The summed E-state index contributed by atoms with van der Waals surface area (Å²) in [6.45, 7) is 1.02. The van der Waals surface area contributed by atoms with E-state index in [1.54, 1.807) is 22.4 Å². The number of carbonyl (C=O) groups is 3. The van der Waals surface area contributed by atoms with E-state index in [-0.39, 0.29) is 17.7 Å². The smallest absolute Gasteiger partial charge is 0.350 e. The summed E-state index contributed by atoms with van der Waals surface area (Å²) in [4.78, 5) is 38.5. The van der Waals surface area contributed by atoms with E-state index in [1.165, 1.54) is 31.0 Å². The Bertz CT molecular complexity index is 760. The van der Waals surface area contributed by atoms with Crippen molar-refractivity contribution >= 4 is 34.8 Å². The third kappa shape index (κ3) is 3.74. The molecule has 2 aromatic rings. The van der Waals surface area contributed by atoms with E-state index in [0.717, 1.165) is 0 Å². The van der Waals surface area contributed by atoms with Crippen LogP contribution in [0.3, 0.4) is 0 Å². The Labute approximate surface area is 148 Å². The standard InChI is InChI=1S/C17H18N2O5S/c1-23-17(22)14-13(5-9-25-14)18-15(20)11-2-6-19(7-3-11)16(21)12-4-8-24-10-12/h4-5,8-11H,2-3,6-7H2,1H3,(H,18,20). The molecule has 7 nitrogen and oxygen atoms in total. The zero-order chi connectivity index (χ0) is 17.8. The molecule has 0 bridgehead atoms. The van der Waals surface area contributed by atoms with Gasteiger partial charge in [-0.05, 0) is 30.4 Å². The molecule has 25 heavy (non-hydrogen) atoms. The van der Waals surface area contributed by atoms with Crippen molar-refractivity contribution in [1.82, 2.24) is 4.90 Å². The minimum Gasteiger partial charge on any atom is -0.472 e. The monoisotopic (exact) mass is 362 g/mol. The minimum atomic E-state index is -0.467. The zero-order valence-electron chi connectivity index (χ0n) is 13.7. The first-order valence-electron chi connectivity index (χ1n) is 7.88. The van der Waals surface area contributed by atoms with Crippen LogP contribution >= 0.6 is 11.3 Å². The van der Waals surface area contributed by atoms with Crippen molar-refractivity contribution < 1.29 is 23.5 Å². The van der Waals surface area contributed by atoms with E-state index in [1.807, 2.05) is 0 Å². The summed E-state index contributed by atoms with van der Waals surface area (Å²) in [6.07, 6.45) is 4.04. The fraction of sp³-hybridized carbons (Fsp3) is 0.353. The molecule has 0 spiro atoms. The second kappa shape index (κ2) is 7.52. The summed E-state index contributed by atoms with van der Waals surface area (Å²) in [7, 11) is 1.31. The van der Waals surface area contributed by atoms with Gasteiger partial charge in [0.15, 0.2) is 0 Å². The largest absolute Gasteiger partial charge is 0.472 e. The van der Waals surface area contributed by atoms with Crippen molar-refractivity contribution in [3.05, 3.63) is 40.5 Å². The van der Waals surface area contributed by atoms with Crippen molar-refractivity contribution in [2.75, 3.05) is 25.5 Å². The van der Waals surface area contributed by atoms with Crippen LogP contribution in [-0.2, 0) is 9.53 Å². The third-order valence-electron chi connectivity index (χ3n) is 4.21. The molecule has 8 heteroatoms. The number of ether oxygens (including phenoxy) is 1. The number of rotatable bonds is 4. The molecule has 1 saturated heterocycles. The van der Waals surface area contributed by atoms with Crippen LogP contribution in [0.4, 0.5) is 5.69 Å². The molecule has 0 radical (unpaired) electrons. The number of hydrogen-bond donors (Lipinski definition) is 1. The van der Waals surface area contributed by atoms with E-state index >= 15 is 0 Å². The van der Waals surface area contributed by atoms with Gasteiger partial charge in [-0.15, -0.1) is 11.3 Å². The first-order valence-corrected chi connectivity index (χ1v) is 8.76. The molecular weight excluding hydrogens is 344 g/mol. The highest BCUT2D eigenvalue weighted by Crippen LogP contribution is 2.26. The van der Waals surface area contributed by atoms with E-state index in [9.17, 15) is 14.4 Å². The molecule has 1 N–H and O–H groups in total. The maximum absolute atomic E-state index is 12.5. The average molecular weight is 362 g/mol. The molecule has 0 saturated carbocycles. The number of nitrogens with one attached hydrogen (secondary N) is 1. The Morgan fingerprint density at radius 1 is 1.28 bits per heavy atom. The summed E-state index contributed by atoms with van der Waals surface area (Å²) in [5.74, 6) is -0.887. The van der Waals surface area contributed by atoms with Gasteiger partial charge in [0.1, 0.15) is 11.1 Å². The van der Waals surface area contributed by atoms with Crippen LogP contribution in [-0.4, -0.2) is 42.9 Å². The number of carbonyl (C=O) groups excluding carboxylic acids is 3. The number of nitrogens with zero attached hydrogens (tertiary/aromatic N) is 1. The van der Waals surface area contributed by atoms with Crippen molar-refractivity contribution in [3.8, 4) is 0 Å². The summed E-state index contributed by atoms with van der Waals surface area (Å²) in [5, 5.41) is 4.53. The summed E-state index contributed by atoms with van der Waals surface area (Å²) in [5.41, 5.74) is 0.989. The number of amides is 2. The summed E-state index contributed by atoms with van der Waals surface area (Å²) < 4.78 is 9.64. The predicted molar refractivity (Wildman–Crippen MR) is 91.6 cm³/mol. The fourth-order valence-electron chi connectivity index (χ4n) is 2.81. The normalized spacial score (nSPS) is 15.0. The van der Waals surface area contributed by atoms with Crippen LogP contribution in [0.1, 0.15) is 32.9 Å². The SMILES string of the molecule is COC(=O)c1sccc1NC(=O)C1CCN(C(=O)c2ccoc2)CC1. The second-order valence-corrected chi connectivity index (χ2v) is 6.64. The summed E-state index contributed by atoms with van der Waals surface area (Å²) >= 11 is 1.22. The van der Waals surface area contributed by atoms with Gasteiger partial charge in [-0.1, -0.05) is 0 Å². The van der Waals surface area contributed by atoms with E-state index in [0.29, 0.717) is 42.1 Å². The number of hydrogen-bond acceptors (Lipinski definition) is 6. The van der Waals surface area contributed by atoms with Crippen LogP contribution in [0.2, 0.25) is 0 Å². The zero-order valence-corrected chi connectivity index (χ0v) is 14.5. The van der Waals surface area contributed by atoms with E-state index in [4.69, 9.17) is 9.15 Å². The lowest BCUT2D eigenvalue weighted by Gasteiger charge is -2.31. The topological polar surface area (TPSA) is 88.9 Å². The van der Waals surface area contributed by atoms with Gasteiger partial charge < -0.3 is 19.4 Å². The molecule has 0 aliphatic carbocycles. The molecule has 1 aliphatic rings. The Hall–Kier alpha value is -2.61. The van der Waals surface area contributed by atoms with Crippen molar-refractivity contribution in [1.29, 1.82) is 0 Å². The Kier molecular flexibility index (Phi) is 5.18. The molecule has 0 atom stereocenters. The Morgan fingerprint density at radius 3 is 2.68 bits per heavy atom. The highest BCUT2D eigenvalue weighted by atomic mass is 32.1. The van der Waals surface area contributed by atoms with Gasteiger partial charge in [0, 0.05) is 19.0 Å². The number of likely N-dealkylation sites (tertiary alicyclic amines) is 1. The number of esters is 1. The van der Waals surface area contributed by atoms with Gasteiger partial charge in [0.2, 0.25) is 5.91 Å². The molecule has 3 rings (SSSR count). The molecule has 132 valence electrons. The fourth-order valence-corrected chi connectivity index (χ4v) is 3.57. The number of methoxy groups -OCH3 is 1. The molecule has 1 aliphatic heterocycles. The van der Waals surface area contributed by atoms with Gasteiger partial charge in [-0.2, -0.15) is 0 Å². The molecule has 1 fully saturated rings. The lowest BCUT2D eigenvalue weighted by atomic mass is 9.95. The van der Waals surface area contributed by atoms with E-state index < -0.39 is 5.97 Å². The lowest BCUT2D eigenvalue weighted by molar-refractivity contribution is -0.121. The summed E-state index contributed by atoms with van der Waals surface area (Å²) in [6, 6.07) is 3.32. The van der Waals surface area contributed by atoms with Crippen LogP contribution in [0.15, 0.2) is 34.5 Å². The van der Waals surface area contributed by atoms with Crippen molar-refractivity contribution in [2.45, 2.75) is 12.8 Å². The van der Waals surface area contributed by atoms with Crippen LogP contribution in [0, 0.1) is 5.92 Å². The Morgan fingerprint density at radius 2 is 2.04 bits per heavy atom. The molecular formula is C17H18N2O5S. The first kappa shape index (κ1) is 17.2. The minimum absolute atomic E-state index is 0.0848. The third-order valence-corrected chi connectivity index (χ3v) is 5.11. The van der Waals surface area contributed by atoms with Gasteiger partial charge in [-0.3, -0.25) is 9.59 Å². The average Bonchev–Trinajstić information content (AvgIpc) is 3.32. The van der Waals surface area contributed by atoms with Gasteiger partial charge in [-0.25, -0.2) is 4.79 Å².